The molecule has 1 amide bonds. The predicted molar refractivity (Wildman–Crippen MR) is 93.1 cm³/mol. The van der Waals surface area contributed by atoms with Crippen LogP contribution >= 0.6 is 0 Å². The van der Waals surface area contributed by atoms with Gasteiger partial charge in [-0.2, -0.15) is 5.26 Å². The molecular formula is C18H19N5O. The second kappa shape index (κ2) is 7.11. The molecule has 3 rings (SSSR count). The summed E-state index contributed by atoms with van der Waals surface area (Å²) in [5, 5.41) is 11.7. The molecule has 0 bridgehead atoms. The van der Waals surface area contributed by atoms with Gasteiger partial charge in [0.1, 0.15) is 5.69 Å². The van der Waals surface area contributed by atoms with Gasteiger partial charge in [-0.05, 0) is 37.4 Å². The van der Waals surface area contributed by atoms with Crippen molar-refractivity contribution in [3.8, 4) is 6.07 Å². The van der Waals surface area contributed by atoms with Crippen molar-refractivity contribution in [2.75, 3.05) is 43.4 Å². The van der Waals surface area contributed by atoms with Gasteiger partial charge in [-0.1, -0.05) is 6.07 Å². The minimum absolute atomic E-state index is 0.282. The smallest absolute Gasteiger partial charge is 0.274 e. The molecule has 0 atom stereocenters. The first kappa shape index (κ1) is 16.0. The van der Waals surface area contributed by atoms with Gasteiger partial charge < -0.3 is 15.1 Å². The van der Waals surface area contributed by atoms with E-state index in [2.05, 4.69) is 33.2 Å². The standard InChI is InChI=1S/C18H19N5O/c1-22-7-9-23(10-8-22)16-5-6-17(20-13-16)18(24)21-15-4-2-3-14(11-15)12-19/h2-6,11,13H,7-10H2,1H3,(H,21,24). The number of pyridine rings is 1. The van der Waals surface area contributed by atoms with Crippen LogP contribution in [-0.2, 0) is 0 Å². The molecule has 0 aliphatic carbocycles. The van der Waals surface area contributed by atoms with Crippen LogP contribution in [0.15, 0.2) is 42.6 Å². The van der Waals surface area contributed by atoms with E-state index in [9.17, 15) is 4.79 Å². The van der Waals surface area contributed by atoms with Crippen LogP contribution in [0.25, 0.3) is 0 Å². The summed E-state index contributed by atoms with van der Waals surface area (Å²) in [5.74, 6) is -0.282. The Kier molecular flexibility index (Phi) is 4.73. The van der Waals surface area contributed by atoms with Gasteiger partial charge in [-0.25, -0.2) is 4.98 Å². The third kappa shape index (κ3) is 3.70. The molecule has 1 N–H and O–H groups in total. The number of amides is 1. The molecule has 24 heavy (non-hydrogen) atoms. The van der Waals surface area contributed by atoms with Crippen LogP contribution in [-0.4, -0.2) is 49.0 Å². The molecule has 1 aliphatic rings. The summed E-state index contributed by atoms with van der Waals surface area (Å²) in [6.45, 7) is 3.98. The Labute approximate surface area is 141 Å². The maximum absolute atomic E-state index is 12.3. The molecule has 0 spiro atoms. The van der Waals surface area contributed by atoms with Gasteiger partial charge in [-0.3, -0.25) is 4.79 Å². The summed E-state index contributed by atoms with van der Waals surface area (Å²) in [6.07, 6.45) is 1.74. The fraction of sp³-hybridized carbons (Fsp3) is 0.278. The molecule has 0 unspecified atom stereocenters. The molecule has 0 radical (unpaired) electrons. The molecule has 1 aliphatic heterocycles. The monoisotopic (exact) mass is 321 g/mol. The maximum Gasteiger partial charge on any atom is 0.274 e. The number of carbonyl (C=O) groups excluding carboxylic acids is 1. The number of nitriles is 1. The van der Waals surface area contributed by atoms with Crippen molar-refractivity contribution in [3.05, 3.63) is 53.9 Å². The van der Waals surface area contributed by atoms with Crippen molar-refractivity contribution in [3.63, 3.8) is 0 Å². The number of aromatic nitrogens is 1. The number of carbonyl (C=O) groups is 1. The van der Waals surface area contributed by atoms with Crippen molar-refractivity contribution < 1.29 is 4.79 Å². The number of piperazine rings is 1. The third-order valence-electron chi connectivity index (χ3n) is 4.10. The Hall–Kier alpha value is -2.91. The topological polar surface area (TPSA) is 72.3 Å². The SMILES string of the molecule is CN1CCN(c2ccc(C(=O)Nc3cccc(C#N)c3)nc2)CC1. The van der Waals surface area contributed by atoms with E-state index in [0.717, 1.165) is 31.9 Å². The number of benzene rings is 1. The molecule has 1 fully saturated rings. The first-order valence-electron chi connectivity index (χ1n) is 7.87. The maximum atomic E-state index is 12.3. The number of likely N-dealkylation sites (N-methyl/N-ethyl adjacent to an activating group) is 1. The first-order valence-corrected chi connectivity index (χ1v) is 7.87. The minimum atomic E-state index is -0.282. The van der Waals surface area contributed by atoms with Crippen molar-refractivity contribution in [1.82, 2.24) is 9.88 Å². The van der Waals surface area contributed by atoms with Crippen LogP contribution in [0.1, 0.15) is 16.1 Å². The Morgan fingerprint density at radius 1 is 1.21 bits per heavy atom. The zero-order valence-corrected chi connectivity index (χ0v) is 13.6. The van der Waals surface area contributed by atoms with Gasteiger partial charge in [-0.15, -0.1) is 0 Å². The summed E-state index contributed by atoms with van der Waals surface area (Å²) >= 11 is 0. The van der Waals surface area contributed by atoms with Gasteiger partial charge in [0.15, 0.2) is 0 Å². The first-order chi connectivity index (χ1) is 11.7. The molecule has 1 aromatic carbocycles. The van der Waals surface area contributed by atoms with E-state index in [1.165, 1.54) is 0 Å². The van der Waals surface area contributed by atoms with Crippen LogP contribution in [0.4, 0.5) is 11.4 Å². The van der Waals surface area contributed by atoms with Crippen LogP contribution < -0.4 is 10.2 Å². The van der Waals surface area contributed by atoms with E-state index in [-0.39, 0.29) is 5.91 Å². The largest absolute Gasteiger partial charge is 0.368 e. The fourth-order valence-electron chi connectivity index (χ4n) is 2.63. The van der Waals surface area contributed by atoms with Crippen molar-refractivity contribution >= 4 is 17.3 Å². The summed E-state index contributed by atoms with van der Waals surface area (Å²) in [5.41, 5.74) is 2.48. The van der Waals surface area contributed by atoms with Crippen molar-refractivity contribution in [2.24, 2.45) is 0 Å². The van der Waals surface area contributed by atoms with Crippen molar-refractivity contribution in [1.29, 1.82) is 5.26 Å². The zero-order chi connectivity index (χ0) is 16.9. The number of nitrogens with one attached hydrogen (secondary N) is 1. The molecule has 6 nitrogen and oxygen atoms in total. The summed E-state index contributed by atoms with van der Waals surface area (Å²) < 4.78 is 0. The lowest BCUT2D eigenvalue weighted by Gasteiger charge is -2.33. The van der Waals surface area contributed by atoms with Crippen molar-refractivity contribution in [2.45, 2.75) is 0 Å². The van der Waals surface area contributed by atoms with Crippen LogP contribution in [0, 0.1) is 11.3 Å². The highest BCUT2D eigenvalue weighted by atomic mass is 16.1. The Balaban J connectivity index is 1.66. The second-order valence-electron chi connectivity index (χ2n) is 5.84. The summed E-state index contributed by atoms with van der Waals surface area (Å²) in [6, 6.07) is 12.5. The van der Waals surface area contributed by atoms with E-state index in [1.54, 1.807) is 36.5 Å². The van der Waals surface area contributed by atoms with E-state index in [0.29, 0.717) is 16.9 Å². The highest BCUT2D eigenvalue weighted by Gasteiger charge is 2.15. The minimum Gasteiger partial charge on any atom is -0.368 e. The normalized spacial score (nSPS) is 14.9. The second-order valence-corrected chi connectivity index (χ2v) is 5.84. The van der Waals surface area contributed by atoms with Crippen LogP contribution in [0.5, 0.6) is 0 Å². The Morgan fingerprint density at radius 3 is 2.67 bits per heavy atom. The molecule has 2 heterocycles. The molecule has 122 valence electrons. The van der Waals surface area contributed by atoms with Gasteiger partial charge in [0.2, 0.25) is 0 Å². The van der Waals surface area contributed by atoms with Crippen LogP contribution in [0.3, 0.4) is 0 Å². The van der Waals surface area contributed by atoms with Gasteiger partial charge in [0.05, 0.1) is 23.5 Å². The van der Waals surface area contributed by atoms with Gasteiger partial charge in [0, 0.05) is 31.9 Å². The third-order valence-corrected chi connectivity index (χ3v) is 4.10. The molecule has 0 saturated carbocycles. The van der Waals surface area contributed by atoms with E-state index in [4.69, 9.17) is 5.26 Å². The molecule has 1 aromatic heterocycles. The number of anilines is 2. The lowest BCUT2D eigenvalue weighted by Crippen LogP contribution is -2.44. The average molecular weight is 321 g/mol. The lowest BCUT2D eigenvalue weighted by molar-refractivity contribution is 0.102. The molecular weight excluding hydrogens is 302 g/mol. The molecule has 6 heteroatoms. The lowest BCUT2D eigenvalue weighted by atomic mass is 10.2. The highest BCUT2D eigenvalue weighted by Crippen LogP contribution is 2.16. The average Bonchev–Trinajstić information content (AvgIpc) is 2.62. The van der Waals surface area contributed by atoms with E-state index in [1.807, 2.05) is 6.07 Å². The Morgan fingerprint density at radius 2 is 2.00 bits per heavy atom. The number of hydrogen-bond donors (Lipinski definition) is 1. The quantitative estimate of drug-likeness (QED) is 0.935. The van der Waals surface area contributed by atoms with Gasteiger partial charge in [0.25, 0.3) is 5.91 Å². The zero-order valence-electron chi connectivity index (χ0n) is 13.6. The van der Waals surface area contributed by atoms with E-state index < -0.39 is 0 Å². The molecule has 2 aromatic rings. The summed E-state index contributed by atoms with van der Waals surface area (Å²) in [4.78, 5) is 21.1. The number of nitrogens with zero attached hydrogens (tertiary/aromatic N) is 4. The number of rotatable bonds is 3. The fourth-order valence-corrected chi connectivity index (χ4v) is 2.63. The molecule has 1 saturated heterocycles. The summed E-state index contributed by atoms with van der Waals surface area (Å²) in [7, 11) is 2.12. The van der Waals surface area contributed by atoms with E-state index >= 15 is 0 Å². The highest BCUT2D eigenvalue weighted by molar-refractivity contribution is 6.03. The van der Waals surface area contributed by atoms with Crippen LogP contribution in [0.2, 0.25) is 0 Å². The number of hydrogen-bond acceptors (Lipinski definition) is 5. The Bertz CT molecular complexity index is 758. The van der Waals surface area contributed by atoms with Gasteiger partial charge >= 0.3 is 0 Å². The predicted octanol–water partition coefficient (Wildman–Crippen LogP) is 1.96.